The summed E-state index contributed by atoms with van der Waals surface area (Å²) >= 11 is 0. The first kappa shape index (κ1) is 17.8. The average Bonchev–Trinajstić information content (AvgIpc) is 3.16. The Morgan fingerprint density at radius 1 is 0.742 bits per heavy atom. The molecular weight excluding hydrogens is 382 g/mol. The smallest absolute Gasteiger partial charge is 0.227 e. The summed E-state index contributed by atoms with van der Waals surface area (Å²) in [5, 5.41) is 3.22. The zero-order valence-corrected chi connectivity index (χ0v) is 17.3. The Bertz CT molecular complexity index is 1610. The van der Waals surface area contributed by atoms with Gasteiger partial charge in [0.15, 0.2) is 0 Å². The number of rotatable bonds is 2. The van der Waals surface area contributed by atoms with E-state index in [1.54, 1.807) is 0 Å². The van der Waals surface area contributed by atoms with Crippen LogP contribution >= 0.6 is 0 Å². The zero-order valence-electron chi connectivity index (χ0n) is 17.3. The van der Waals surface area contributed by atoms with Crippen LogP contribution in [-0.4, -0.2) is 15.0 Å². The SMILES string of the molecule is Cc1ccc2c(n1)oc1c(-c3cc(-c4c(C)ccc5ncccc45)ccn3)cccc12. The van der Waals surface area contributed by atoms with E-state index in [9.17, 15) is 0 Å². The maximum Gasteiger partial charge on any atom is 0.227 e. The molecule has 4 nitrogen and oxygen atoms in total. The Morgan fingerprint density at radius 3 is 2.58 bits per heavy atom. The van der Waals surface area contributed by atoms with Crippen LogP contribution in [-0.2, 0) is 0 Å². The van der Waals surface area contributed by atoms with Gasteiger partial charge in [0, 0.05) is 39.8 Å². The molecule has 0 unspecified atom stereocenters. The number of nitrogens with zero attached hydrogens (tertiary/aromatic N) is 3. The number of fused-ring (bicyclic) bond motifs is 4. The van der Waals surface area contributed by atoms with Crippen LogP contribution in [0.1, 0.15) is 11.3 Å². The van der Waals surface area contributed by atoms with Crippen molar-refractivity contribution in [2.75, 3.05) is 0 Å². The minimum absolute atomic E-state index is 0.662. The van der Waals surface area contributed by atoms with Crippen molar-refractivity contribution in [1.29, 1.82) is 0 Å². The standard InChI is InChI=1S/C27H19N3O/c1-16-8-11-23-21(7-4-13-28-23)25(16)18-12-14-29-24(15-18)22-6-3-5-19-20-10-9-17(2)30-27(20)31-26(19)22/h3-15H,1-2H3. The number of hydrogen-bond acceptors (Lipinski definition) is 4. The summed E-state index contributed by atoms with van der Waals surface area (Å²) < 4.78 is 6.20. The third-order valence-electron chi connectivity index (χ3n) is 5.82. The van der Waals surface area contributed by atoms with Gasteiger partial charge in [-0.3, -0.25) is 9.97 Å². The summed E-state index contributed by atoms with van der Waals surface area (Å²) in [4.78, 5) is 13.8. The van der Waals surface area contributed by atoms with E-state index >= 15 is 0 Å². The highest BCUT2D eigenvalue weighted by molar-refractivity contribution is 6.08. The van der Waals surface area contributed by atoms with E-state index in [0.29, 0.717) is 5.71 Å². The van der Waals surface area contributed by atoms with Gasteiger partial charge in [-0.05, 0) is 73.0 Å². The van der Waals surface area contributed by atoms with Crippen molar-refractivity contribution in [3.05, 3.63) is 90.4 Å². The van der Waals surface area contributed by atoms with Crippen molar-refractivity contribution in [2.24, 2.45) is 0 Å². The molecule has 4 aromatic heterocycles. The number of para-hydroxylation sites is 1. The Hall–Kier alpha value is -4.05. The largest absolute Gasteiger partial charge is 0.437 e. The summed E-state index contributed by atoms with van der Waals surface area (Å²) in [5.74, 6) is 0. The van der Waals surface area contributed by atoms with E-state index in [4.69, 9.17) is 4.42 Å². The van der Waals surface area contributed by atoms with Crippen molar-refractivity contribution < 1.29 is 4.42 Å². The second-order valence-corrected chi connectivity index (χ2v) is 7.85. The first-order chi connectivity index (χ1) is 15.2. The topological polar surface area (TPSA) is 51.8 Å². The summed E-state index contributed by atoms with van der Waals surface area (Å²) in [7, 11) is 0. The van der Waals surface area contributed by atoms with Crippen LogP contribution in [0.15, 0.2) is 83.5 Å². The van der Waals surface area contributed by atoms with Crippen LogP contribution in [0.4, 0.5) is 0 Å². The van der Waals surface area contributed by atoms with Crippen LogP contribution in [0, 0.1) is 13.8 Å². The third kappa shape index (κ3) is 2.80. The lowest BCUT2D eigenvalue weighted by Crippen LogP contribution is -1.90. The number of aromatic nitrogens is 3. The van der Waals surface area contributed by atoms with Gasteiger partial charge in [-0.2, -0.15) is 0 Å². The molecule has 6 aromatic rings. The predicted octanol–water partition coefficient (Wildman–Crippen LogP) is 6.88. The van der Waals surface area contributed by atoms with E-state index in [-0.39, 0.29) is 0 Å². The molecule has 0 amide bonds. The highest BCUT2D eigenvalue weighted by Gasteiger charge is 2.15. The summed E-state index contributed by atoms with van der Waals surface area (Å²) in [6.45, 7) is 4.11. The predicted molar refractivity (Wildman–Crippen MR) is 125 cm³/mol. The van der Waals surface area contributed by atoms with Crippen LogP contribution in [0.3, 0.4) is 0 Å². The van der Waals surface area contributed by atoms with Gasteiger partial charge >= 0.3 is 0 Å². The molecule has 31 heavy (non-hydrogen) atoms. The molecule has 148 valence electrons. The first-order valence-electron chi connectivity index (χ1n) is 10.3. The highest BCUT2D eigenvalue weighted by atomic mass is 16.3. The second kappa shape index (κ2) is 6.74. The fourth-order valence-electron chi connectivity index (χ4n) is 4.35. The molecule has 6 rings (SSSR count). The van der Waals surface area contributed by atoms with Crippen LogP contribution in [0.25, 0.3) is 55.4 Å². The van der Waals surface area contributed by atoms with Gasteiger partial charge in [0.05, 0.1) is 11.2 Å². The zero-order chi connectivity index (χ0) is 20.9. The minimum atomic E-state index is 0.662. The van der Waals surface area contributed by atoms with Crippen LogP contribution in [0.2, 0.25) is 0 Å². The van der Waals surface area contributed by atoms with Crippen molar-refractivity contribution in [1.82, 2.24) is 15.0 Å². The maximum atomic E-state index is 6.20. The van der Waals surface area contributed by atoms with Gasteiger partial charge in [-0.15, -0.1) is 0 Å². The van der Waals surface area contributed by atoms with Crippen molar-refractivity contribution in [3.8, 4) is 22.4 Å². The average molecular weight is 401 g/mol. The highest BCUT2D eigenvalue weighted by Crippen LogP contribution is 2.37. The molecule has 0 saturated heterocycles. The molecule has 0 atom stereocenters. The number of furan rings is 1. The van der Waals surface area contributed by atoms with Gasteiger partial charge in [0.1, 0.15) is 5.58 Å². The minimum Gasteiger partial charge on any atom is -0.437 e. The molecule has 0 bridgehead atoms. The molecule has 4 heterocycles. The Balaban J connectivity index is 1.59. The lowest BCUT2D eigenvalue weighted by molar-refractivity contribution is 0.653. The molecule has 0 radical (unpaired) electrons. The number of aryl methyl sites for hydroxylation is 2. The normalized spacial score (nSPS) is 11.5. The van der Waals surface area contributed by atoms with Crippen LogP contribution < -0.4 is 0 Å². The summed E-state index contributed by atoms with van der Waals surface area (Å²) in [6.07, 6.45) is 3.70. The fraction of sp³-hybridized carbons (Fsp3) is 0.0741. The molecule has 0 aliphatic rings. The first-order valence-corrected chi connectivity index (χ1v) is 10.3. The van der Waals surface area contributed by atoms with E-state index in [1.807, 2.05) is 37.5 Å². The lowest BCUT2D eigenvalue weighted by atomic mass is 9.95. The summed E-state index contributed by atoms with van der Waals surface area (Å²) in [6, 6.07) is 22.8. The van der Waals surface area contributed by atoms with Gasteiger partial charge in [-0.1, -0.05) is 24.3 Å². The second-order valence-electron chi connectivity index (χ2n) is 7.85. The molecular formula is C27H19N3O. The molecule has 0 aliphatic heterocycles. The molecule has 4 heteroatoms. The summed E-state index contributed by atoms with van der Waals surface area (Å²) in [5.41, 5.74) is 8.75. The van der Waals surface area contributed by atoms with E-state index in [0.717, 1.165) is 49.8 Å². The quantitative estimate of drug-likeness (QED) is 0.317. The van der Waals surface area contributed by atoms with Gasteiger partial charge in [0.2, 0.25) is 5.71 Å². The van der Waals surface area contributed by atoms with Crippen molar-refractivity contribution in [2.45, 2.75) is 13.8 Å². The van der Waals surface area contributed by atoms with Crippen molar-refractivity contribution in [3.63, 3.8) is 0 Å². The van der Waals surface area contributed by atoms with Crippen molar-refractivity contribution >= 4 is 33.0 Å². The van der Waals surface area contributed by atoms with E-state index in [1.165, 1.54) is 11.1 Å². The number of pyridine rings is 3. The van der Waals surface area contributed by atoms with E-state index in [2.05, 4.69) is 70.4 Å². The molecule has 2 aromatic carbocycles. The van der Waals surface area contributed by atoms with Crippen LogP contribution in [0.5, 0.6) is 0 Å². The Labute approximate surface area is 179 Å². The molecule has 0 saturated carbocycles. The molecule has 0 fully saturated rings. The molecule has 0 N–H and O–H groups in total. The lowest BCUT2D eigenvalue weighted by Gasteiger charge is -2.11. The maximum absolute atomic E-state index is 6.20. The number of benzene rings is 2. The molecule has 0 spiro atoms. The van der Waals surface area contributed by atoms with Gasteiger partial charge in [0.25, 0.3) is 0 Å². The Morgan fingerprint density at radius 2 is 1.65 bits per heavy atom. The van der Waals surface area contributed by atoms with Gasteiger partial charge < -0.3 is 4.42 Å². The van der Waals surface area contributed by atoms with E-state index < -0.39 is 0 Å². The number of hydrogen-bond donors (Lipinski definition) is 0. The molecule has 0 aliphatic carbocycles. The fourth-order valence-corrected chi connectivity index (χ4v) is 4.35. The monoisotopic (exact) mass is 401 g/mol. The van der Waals surface area contributed by atoms with Gasteiger partial charge in [-0.25, -0.2) is 4.98 Å². The Kier molecular flexibility index (Phi) is 3.87. The third-order valence-corrected chi connectivity index (χ3v) is 5.82.